The highest BCUT2D eigenvalue weighted by Crippen LogP contribution is 2.05. The van der Waals surface area contributed by atoms with Gasteiger partial charge in [-0.15, -0.1) is 0 Å². The highest BCUT2D eigenvalue weighted by atomic mass is 16.4. The van der Waals surface area contributed by atoms with Crippen LogP contribution in [-0.4, -0.2) is 57.5 Å². The zero-order valence-corrected chi connectivity index (χ0v) is 9.04. The second-order valence-electron chi connectivity index (χ2n) is 3.69. The number of carboxylic acids is 1. The van der Waals surface area contributed by atoms with Crippen LogP contribution in [0.3, 0.4) is 0 Å². The molecule has 0 bridgehead atoms. The molecule has 1 fully saturated rings. The zero-order chi connectivity index (χ0) is 12.3. The van der Waals surface area contributed by atoms with E-state index in [-0.39, 0.29) is 18.1 Å². The first kappa shape index (κ1) is 11.5. The van der Waals surface area contributed by atoms with E-state index in [1.807, 2.05) is 0 Å². The maximum absolute atomic E-state index is 12.0. The molecular weight excluding hydrogens is 224 g/mol. The van der Waals surface area contributed by atoms with Crippen LogP contribution in [0.4, 0.5) is 0 Å². The lowest BCUT2D eigenvalue weighted by atomic mass is 10.2. The Labute approximate surface area is 97.5 Å². The second-order valence-corrected chi connectivity index (χ2v) is 3.69. The van der Waals surface area contributed by atoms with Gasteiger partial charge in [-0.1, -0.05) is 0 Å². The van der Waals surface area contributed by atoms with Gasteiger partial charge >= 0.3 is 5.97 Å². The summed E-state index contributed by atoms with van der Waals surface area (Å²) in [5.74, 6) is -1.24. The quantitative estimate of drug-likeness (QED) is 0.682. The number of carbonyl (C=O) groups excluding carboxylic acids is 1. The molecule has 0 aliphatic carbocycles. The average Bonchev–Trinajstić information content (AvgIpc) is 2.39. The van der Waals surface area contributed by atoms with Gasteiger partial charge in [-0.05, 0) is 0 Å². The maximum Gasteiger partial charge on any atom is 0.322 e. The molecular formula is C10H12N4O3. The molecule has 0 radical (unpaired) electrons. The molecule has 2 heterocycles. The van der Waals surface area contributed by atoms with E-state index in [0.717, 1.165) is 0 Å². The number of amides is 1. The summed E-state index contributed by atoms with van der Waals surface area (Å²) in [4.78, 5) is 32.0. The maximum atomic E-state index is 12.0. The van der Waals surface area contributed by atoms with Crippen LogP contribution in [0.15, 0.2) is 18.6 Å². The molecule has 2 rings (SSSR count). The van der Waals surface area contributed by atoms with E-state index in [1.54, 1.807) is 0 Å². The molecule has 0 spiro atoms. The van der Waals surface area contributed by atoms with Gasteiger partial charge in [-0.25, -0.2) is 4.98 Å². The van der Waals surface area contributed by atoms with E-state index in [0.29, 0.717) is 13.1 Å². The van der Waals surface area contributed by atoms with Crippen LogP contribution in [0.5, 0.6) is 0 Å². The summed E-state index contributed by atoms with van der Waals surface area (Å²) in [5.41, 5.74) is 0.235. The van der Waals surface area contributed by atoms with Gasteiger partial charge in [0.25, 0.3) is 5.91 Å². The minimum atomic E-state index is -0.957. The fourth-order valence-corrected chi connectivity index (χ4v) is 1.67. The highest BCUT2D eigenvalue weighted by Gasteiger charge is 2.28. The van der Waals surface area contributed by atoms with E-state index >= 15 is 0 Å². The number of carbonyl (C=O) groups is 2. The average molecular weight is 236 g/mol. The first-order chi connectivity index (χ1) is 8.18. The lowest BCUT2D eigenvalue weighted by molar-refractivity contribution is -0.140. The Morgan fingerprint density at radius 1 is 1.47 bits per heavy atom. The predicted molar refractivity (Wildman–Crippen MR) is 57.4 cm³/mol. The number of aliphatic carboxylic acids is 1. The van der Waals surface area contributed by atoms with Crippen molar-refractivity contribution in [3.63, 3.8) is 0 Å². The van der Waals surface area contributed by atoms with Crippen molar-refractivity contribution in [3.8, 4) is 0 Å². The second kappa shape index (κ2) is 4.88. The van der Waals surface area contributed by atoms with Gasteiger partial charge in [-0.3, -0.25) is 14.6 Å². The van der Waals surface area contributed by atoms with Crippen molar-refractivity contribution >= 4 is 11.9 Å². The van der Waals surface area contributed by atoms with Gasteiger partial charge in [0.1, 0.15) is 11.7 Å². The SMILES string of the molecule is O=C(O)[C@H]1CN(C(=O)c2cnccn2)CCN1. The monoisotopic (exact) mass is 236 g/mol. The molecule has 0 saturated carbocycles. The lowest BCUT2D eigenvalue weighted by Crippen LogP contribution is -2.55. The fraction of sp³-hybridized carbons (Fsp3) is 0.400. The molecule has 7 heteroatoms. The first-order valence-corrected chi connectivity index (χ1v) is 5.20. The minimum Gasteiger partial charge on any atom is -0.480 e. The summed E-state index contributed by atoms with van der Waals surface area (Å²) in [5, 5.41) is 11.7. The molecule has 1 saturated heterocycles. The third kappa shape index (κ3) is 2.56. The Morgan fingerprint density at radius 3 is 2.94 bits per heavy atom. The Hall–Kier alpha value is -2.02. The van der Waals surface area contributed by atoms with E-state index in [9.17, 15) is 9.59 Å². The number of aromatic nitrogens is 2. The smallest absolute Gasteiger partial charge is 0.322 e. The number of hydrogen-bond acceptors (Lipinski definition) is 5. The molecule has 7 nitrogen and oxygen atoms in total. The predicted octanol–water partition coefficient (Wildman–Crippen LogP) is -1.02. The molecule has 1 aromatic rings. The molecule has 0 aromatic carbocycles. The van der Waals surface area contributed by atoms with Crippen LogP contribution in [0.25, 0.3) is 0 Å². The molecule has 2 N–H and O–H groups in total. The molecule has 0 unspecified atom stereocenters. The largest absolute Gasteiger partial charge is 0.480 e. The van der Waals surface area contributed by atoms with Crippen LogP contribution in [-0.2, 0) is 4.79 Å². The van der Waals surface area contributed by atoms with E-state index < -0.39 is 12.0 Å². The normalized spacial score (nSPS) is 20.0. The van der Waals surface area contributed by atoms with Crippen molar-refractivity contribution in [2.45, 2.75) is 6.04 Å². The van der Waals surface area contributed by atoms with Crippen molar-refractivity contribution in [1.29, 1.82) is 0 Å². The number of piperazine rings is 1. The number of rotatable bonds is 2. The first-order valence-electron chi connectivity index (χ1n) is 5.20. The summed E-state index contributed by atoms with van der Waals surface area (Å²) >= 11 is 0. The third-order valence-electron chi connectivity index (χ3n) is 2.54. The summed E-state index contributed by atoms with van der Waals surface area (Å²) in [6, 6.07) is -0.718. The Balaban J connectivity index is 2.07. The minimum absolute atomic E-state index is 0.144. The molecule has 1 aliphatic rings. The molecule has 90 valence electrons. The van der Waals surface area contributed by atoms with Crippen molar-refractivity contribution in [2.75, 3.05) is 19.6 Å². The highest BCUT2D eigenvalue weighted by molar-refractivity contribution is 5.92. The van der Waals surface area contributed by atoms with Crippen molar-refractivity contribution < 1.29 is 14.7 Å². The van der Waals surface area contributed by atoms with Gasteiger partial charge in [-0.2, -0.15) is 0 Å². The van der Waals surface area contributed by atoms with Crippen LogP contribution in [0.2, 0.25) is 0 Å². The molecule has 1 amide bonds. The molecule has 1 aliphatic heterocycles. The standard InChI is InChI=1S/C10H12N4O3/c15-9(7-5-11-1-2-12-7)14-4-3-13-8(6-14)10(16)17/h1-2,5,8,13H,3-4,6H2,(H,16,17)/t8-/m1/s1. The van der Waals surface area contributed by atoms with E-state index in [2.05, 4.69) is 15.3 Å². The molecule has 17 heavy (non-hydrogen) atoms. The molecule has 1 atom stereocenters. The van der Waals surface area contributed by atoms with Crippen molar-refractivity contribution in [2.24, 2.45) is 0 Å². The van der Waals surface area contributed by atoms with Gasteiger partial charge in [0.15, 0.2) is 0 Å². The van der Waals surface area contributed by atoms with Crippen LogP contribution in [0.1, 0.15) is 10.5 Å². The topological polar surface area (TPSA) is 95.4 Å². The summed E-state index contributed by atoms with van der Waals surface area (Å²) in [7, 11) is 0. The van der Waals surface area contributed by atoms with Gasteiger partial charge < -0.3 is 15.3 Å². The summed E-state index contributed by atoms with van der Waals surface area (Å²) < 4.78 is 0. The van der Waals surface area contributed by atoms with Crippen LogP contribution in [0, 0.1) is 0 Å². The van der Waals surface area contributed by atoms with Crippen LogP contribution < -0.4 is 5.32 Å². The van der Waals surface area contributed by atoms with Gasteiger partial charge in [0.05, 0.1) is 6.20 Å². The molecule has 1 aromatic heterocycles. The van der Waals surface area contributed by atoms with Crippen molar-refractivity contribution in [1.82, 2.24) is 20.2 Å². The number of carboxylic acid groups (broad SMARTS) is 1. The van der Waals surface area contributed by atoms with Crippen LogP contribution >= 0.6 is 0 Å². The fourth-order valence-electron chi connectivity index (χ4n) is 1.67. The van der Waals surface area contributed by atoms with Crippen molar-refractivity contribution in [3.05, 3.63) is 24.3 Å². The Kier molecular flexibility index (Phi) is 3.29. The Bertz CT molecular complexity index is 423. The zero-order valence-electron chi connectivity index (χ0n) is 9.04. The number of hydrogen-bond donors (Lipinski definition) is 2. The number of nitrogens with one attached hydrogen (secondary N) is 1. The van der Waals surface area contributed by atoms with E-state index in [4.69, 9.17) is 5.11 Å². The van der Waals surface area contributed by atoms with Gasteiger partial charge in [0, 0.05) is 32.0 Å². The van der Waals surface area contributed by atoms with E-state index in [1.165, 1.54) is 23.5 Å². The third-order valence-corrected chi connectivity index (χ3v) is 2.54. The van der Waals surface area contributed by atoms with Gasteiger partial charge in [0.2, 0.25) is 0 Å². The summed E-state index contributed by atoms with van der Waals surface area (Å²) in [6.45, 7) is 1.08. The lowest BCUT2D eigenvalue weighted by Gasteiger charge is -2.31. The summed E-state index contributed by atoms with van der Waals surface area (Å²) in [6.07, 6.45) is 4.29. The Morgan fingerprint density at radius 2 is 2.29 bits per heavy atom. The number of nitrogens with zero attached hydrogens (tertiary/aromatic N) is 3.